The highest BCUT2D eigenvalue weighted by Crippen LogP contribution is 2.29. The smallest absolute Gasteiger partial charge is 0.334 e. The van der Waals surface area contributed by atoms with E-state index in [1.807, 2.05) is 6.92 Å². The van der Waals surface area contributed by atoms with Crippen LogP contribution in [0.25, 0.3) is 0 Å². The minimum atomic E-state index is -0.382. The van der Waals surface area contributed by atoms with Crippen molar-refractivity contribution >= 4 is 11.5 Å². The summed E-state index contributed by atoms with van der Waals surface area (Å²) in [5.41, 5.74) is 1.43. The SMILES string of the molecule is CCCc1nn(C)c(NCc2cnc[nH]2)c1[N+](=O)[O-]. The van der Waals surface area contributed by atoms with Crippen molar-refractivity contribution in [3.05, 3.63) is 34.0 Å². The third-order valence-electron chi connectivity index (χ3n) is 2.76. The first kappa shape index (κ1) is 13.1. The standard InChI is InChI=1S/C11H16N6O2/c1-3-4-9-10(17(18)19)11(16(2)15-9)13-6-8-5-12-7-14-8/h5,7,13H,3-4,6H2,1-2H3,(H,12,14). The Bertz CT molecular complexity index is 560. The maximum Gasteiger partial charge on any atom is 0.334 e. The molecule has 0 amide bonds. The molecule has 0 spiro atoms. The molecule has 0 bridgehead atoms. The van der Waals surface area contributed by atoms with Crippen LogP contribution in [-0.2, 0) is 20.0 Å². The van der Waals surface area contributed by atoms with E-state index in [0.717, 1.165) is 12.1 Å². The molecule has 0 fully saturated rings. The van der Waals surface area contributed by atoms with Crippen LogP contribution in [0, 0.1) is 10.1 Å². The molecule has 0 unspecified atom stereocenters. The Morgan fingerprint density at radius 3 is 2.95 bits per heavy atom. The summed E-state index contributed by atoms with van der Waals surface area (Å²) in [6, 6.07) is 0. The van der Waals surface area contributed by atoms with E-state index in [9.17, 15) is 10.1 Å². The highest BCUT2D eigenvalue weighted by molar-refractivity contribution is 5.59. The Hall–Kier alpha value is -2.38. The van der Waals surface area contributed by atoms with Gasteiger partial charge in [0.25, 0.3) is 0 Å². The van der Waals surface area contributed by atoms with Crippen molar-refractivity contribution in [2.24, 2.45) is 7.05 Å². The van der Waals surface area contributed by atoms with Crippen molar-refractivity contribution in [3.63, 3.8) is 0 Å². The summed E-state index contributed by atoms with van der Waals surface area (Å²) in [6.07, 6.45) is 4.65. The molecule has 8 nitrogen and oxygen atoms in total. The number of anilines is 1. The fourth-order valence-electron chi connectivity index (χ4n) is 1.92. The summed E-state index contributed by atoms with van der Waals surface area (Å²) < 4.78 is 1.51. The van der Waals surface area contributed by atoms with Gasteiger partial charge in [-0.15, -0.1) is 0 Å². The molecule has 2 heterocycles. The number of rotatable bonds is 6. The first-order valence-electron chi connectivity index (χ1n) is 6.04. The van der Waals surface area contributed by atoms with Crippen molar-refractivity contribution in [1.29, 1.82) is 0 Å². The van der Waals surface area contributed by atoms with Crippen LogP contribution in [0.5, 0.6) is 0 Å². The van der Waals surface area contributed by atoms with E-state index in [-0.39, 0.29) is 10.6 Å². The largest absolute Gasteiger partial charge is 0.359 e. The number of aromatic amines is 1. The lowest BCUT2D eigenvalue weighted by Gasteiger charge is -2.04. The average molecular weight is 264 g/mol. The van der Waals surface area contributed by atoms with Crippen LogP contribution in [0.4, 0.5) is 11.5 Å². The van der Waals surface area contributed by atoms with Gasteiger partial charge in [0.2, 0.25) is 5.82 Å². The number of aryl methyl sites for hydroxylation is 2. The fourth-order valence-corrected chi connectivity index (χ4v) is 1.92. The predicted octanol–water partition coefficient (Wildman–Crippen LogP) is 1.62. The van der Waals surface area contributed by atoms with Gasteiger partial charge in [0, 0.05) is 13.2 Å². The Morgan fingerprint density at radius 1 is 1.58 bits per heavy atom. The minimum absolute atomic E-state index is 0.0591. The monoisotopic (exact) mass is 264 g/mol. The van der Waals surface area contributed by atoms with Crippen LogP contribution in [0.15, 0.2) is 12.5 Å². The molecule has 8 heteroatoms. The number of hydrogen-bond donors (Lipinski definition) is 2. The van der Waals surface area contributed by atoms with Gasteiger partial charge in [-0.1, -0.05) is 13.3 Å². The van der Waals surface area contributed by atoms with Gasteiger partial charge in [-0.2, -0.15) is 5.10 Å². The summed E-state index contributed by atoms with van der Waals surface area (Å²) >= 11 is 0. The Labute approximate surface area is 110 Å². The topological polar surface area (TPSA) is 102 Å². The zero-order valence-electron chi connectivity index (χ0n) is 10.9. The van der Waals surface area contributed by atoms with Gasteiger partial charge >= 0.3 is 5.69 Å². The molecule has 102 valence electrons. The second-order valence-electron chi connectivity index (χ2n) is 4.21. The molecule has 0 aromatic carbocycles. The normalized spacial score (nSPS) is 10.6. The van der Waals surface area contributed by atoms with Crippen molar-refractivity contribution in [2.45, 2.75) is 26.3 Å². The maximum atomic E-state index is 11.2. The van der Waals surface area contributed by atoms with Gasteiger partial charge in [-0.25, -0.2) is 9.67 Å². The molecule has 0 saturated heterocycles. The lowest BCUT2D eigenvalue weighted by atomic mass is 10.2. The van der Waals surface area contributed by atoms with Crippen LogP contribution in [0.1, 0.15) is 24.7 Å². The molecule has 0 radical (unpaired) electrons. The second-order valence-corrected chi connectivity index (χ2v) is 4.21. The van der Waals surface area contributed by atoms with Crippen molar-refractivity contribution in [2.75, 3.05) is 5.32 Å². The van der Waals surface area contributed by atoms with E-state index in [0.29, 0.717) is 24.5 Å². The maximum absolute atomic E-state index is 11.2. The molecule has 0 saturated carbocycles. The fraction of sp³-hybridized carbons (Fsp3) is 0.455. The Morgan fingerprint density at radius 2 is 2.37 bits per heavy atom. The number of nitrogens with one attached hydrogen (secondary N) is 2. The molecule has 2 rings (SSSR count). The molecule has 2 aromatic heterocycles. The van der Waals surface area contributed by atoms with Gasteiger partial charge in [-0.05, 0) is 6.42 Å². The third-order valence-corrected chi connectivity index (χ3v) is 2.76. The van der Waals surface area contributed by atoms with Crippen LogP contribution < -0.4 is 5.32 Å². The molecule has 0 aliphatic carbocycles. The van der Waals surface area contributed by atoms with E-state index in [2.05, 4.69) is 20.4 Å². The van der Waals surface area contributed by atoms with E-state index < -0.39 is 0 Å². The zero-order valence-corrected chi connectivity index (χ0v) is 10.9. The molecule has 0 atom stereocenters. The third kappa shape index (κ3) is 2.72. The number of hydrogen-bond acceptors (Lipinski definition) is 5. The van der Waals surface area contributed by atoms with E-state index in [1.165, 1.54) is 4.68 Å². The van der Waals surface area contributed by atoms with Crippen LogP contribution in [-0.4, -0.2) is 24.7 Å². The Kier molecular flexibility index (Phi) is 3.79. The Balaban J connectivity index is 2.25. The molecule has 19 heavy (non-hydrogen) atoms. The highest BCUT2D eigenvalue weighted by atomic mass is 16.6. The van der Waals surface area contributed by atoms with Crippen molar-refractivity contribution in [1.82, 2.24) is 19.7 Å². The molecule has 2 N–H and O–H groups in total. The van der Waals surface area contributed by atoms with Gasteiger partial charge in [0.05, 0.1) is 23.5 Å². The molecule has 0 aliphatic heterocycles. The predicted molar refractivity (Wildman–Crippen MR) is 69.8 cm³/mol. The molecule has 2 aromatic rings. The first-order valence-corrected chi connectivity index (χ1v) is 6.04. The number of imidazole rings is 1. The number of aromatic nitrogens is 4. The highest BCUT2D eigenvalue weighted by Gasteiger charge is 2.25. The van der Waals surface area contributed by atoms with Crippen LogP contribution >= 0.6 is 0 Å². The summed E-state index contributed by atoms with van der Waals surface area (Å²) in [6.45, 7) is 2.40. The summed E-state index contributed by atoms with van der Waals surface area (Å²) in [4.78, 5) is 17.6. The van der Waals surface area contributed by atoms with E-state index in [1.54, 1.807) is 19.6 Å². The van der Waals surface area contributed by atoms with E-state index >= 15 is 0 Å². The van der Waals surface area contributed by atoms with E-state index in [4.69, 9.17) is 0 Å². The number of nitrogens with zero attached hydrogens (tertiary/aromatic N) is 4. The minimum Gasteiger partial charge on any atom is -0.359 e. The quantitative estimate of drug-likeness (QED) is 0.609. The van der Waals surface area contributed by atoms with Crippen molar-refractivity contribution in [3.8, 4) is 0 Å². The number of nitro groups is 1. The van der Waals surface area contributed by atoms with Crippen LogP contribution in [0.3, 0.4) is 0 Å². The molecular weight excluding hydrogens is 248 g/mol. The average Bonchev–Trinajstić information content (AvgIpc) is 2.95. The summed E-state index contributed by atoms with van der Waals surface area (Å²) in [7, 11) is 1.70. The van der Waals surface area contributed by atoms with Gasteiger partial charge in [-0.3, -0.25) is 10.1 Å². The molecule has 0 aliphatic rings. The van der Waals surface area contributed by atoms with Crippen LogP contribution in [0.2, 0.25) is 0 Å². The van der Waals surface area contributed by atoms with Gasteiger partial charge in [0.15, 0.2) is 0 Å². The lowest BCUT2D eigenvalue weighted by Crippen LogP contribution is -2.06. The second kappa shape index (κ2) is 5.51. The number of H-pyrrole nitrogens is 1. The first-order chi connectivity index (χ1) is 9.13. The zero-order chi connectivity index (χ0) is 13.8. The summed E-state index contributed by atoms with van der Waals surface area (Å²) in [5.74, 6) is 0.419. The van der Waals surface area contributed by atoms with Gasteiger partial charge in [0.1, 0.15) is 5.69 Å². The van der Waals surface area contributed by atoms with Gasteiger partial charge < -0.3 is 10.3 Å². The van der Waals surface area contributed by atoms with Crippen molar-refractivity contribution < 1.29 is 4.92 Å². The molecular formula is C11H16N6O2. The summed E-state index contributed by atoms with van der Waals surface area (Å²) in [5, 5.41) is 18.4. The lowest BCUT2D eigenvalue weighted by molar-refractivity contribution is -0.384.